The van der Waals surface area contributed by atoms with Gasteiger partial charge >= 0.3 is 5.97 Å². The molecule has 4 fully saturated rings. The third kappa shape index (κ3) is 4.26. The normalized spacial score (nSPS) is 29.4. The fourth-order valence-corrected chi connectivity index (χ4v) is 6.80. The predicted octanol–water partition coefficient (Wildman–Crippen LogP) is 5.83. The van der Waals surface area contributed by atoms with Crippen LogP contribution in [0.25, 0.3) is 11.1 Å². The second-order valence-electron chi connectivity index (χ2n) is 10.1. The maximum atomic E-state index is 12.8. The Bertz CT molecular complexity index is 932. The van der Waals surface area contributed by atoms with Crippen LogP contribution in [-0.4, -0.2) is 18.0 Å². The number of benzene rings is 2. The van der Waals surface area contributed by atoms with Gasteiger partial charge in [0.1, 0.15) is 0 Å². The summed E-state index contributed by atoms with van der Waals surface area (Å²) in [5, 5.41) is 2.96. The molecule has 0 aromatic heterocycles. The van der Waals surface area contributed by atoms with Crippen molar-refractivity contribution in [2.24, 2.45) is 23.2 Å². The van der Waals surface area contributed by atoms with Gasteiger partial charge in [-0.1, -0.05) is 48.5 Å². The average Bonchev–Trinajstić information content (AvgIpc) is 2.73. The lowest BCUT2D eigenvalue weighted by Gasteiger charge is -2.56. The zero-order valence-electron chi connectivity index (χ0n) is 18.2. The fourth-order valence-electron chi connectivity index (χ4n) is 6.80. The van der Waals surface area contributed by atoms with E-state index in [1.165, 1.54) is 38.5 Å². The van der Waals surface area contributed by atoms with Gasteiger partial charge in [-0.25, -0.2) is 0 Å². The van der Waals surface area contributed by atoms with Crippen LogP contribution in [0, 0.1) is 23.2 Å². The highest BCUT2D eigenvalue weighted by molar-refractivity contribution is 5.98. The zero-order valence-corrected chi connectivity index (χ0v) is 18.2. The van der Waals surface area contributed by atoms with E-state index >= 15 is 0 Å². The molecule has 4 aliphatic carbocycles. The van der Waals surface area contributed by atoms with Gasteiger partial charge in [0.2, 0.25) is 0 Å². The van der Waals surface area contributed by atoms with E-state index in [-0.39, 0.29) is 17.3 Å². The molecule has 162 valence electrons. The number of ether oxygens (including phenoxy) is 1. The van der Waals surface area contributed by atoms with E-state index < -0.39 is 6.10 Å². The van der Waals surface area contributed by atoms with Gasteiger partial charge in [-0.05, 0) is 80.2 Å². The highest BCUT2D eigenvalue weighted by atomic mass is 16.5. The molecule has 0 saturated heterocycles. The molecule has 4 saturated carbocycles. The van der Waals surface area contributed by atoms with Gasteiger partial charge in [0, 0.05) is 11.3 Å². The van der Waals surface area contributed by atoms with Crippen LogP contribution >= 0.6 is 0 Å². The molecule has 4 heteroatoms. The maximum Gasteiger partial charge on any atom is 0.307 e. The van der Waals surface area contributed by atoms with Crippen molar-refractivity contribution in [3.8, 4) is 11.1 Å². The number of esters is 1. The Kier molecular flexibility index (Phi) is 5.33. The Morgan fingerprint density at radius 3 is 2.16 bits per heavy atom. The van der Waals surface area contributed by atoms with Crippen LogP contribution in [0.15, 0.2) is 54.6 Å². The van der Waals surface area contributed by atoms with Crippen molar-refractivity contribution in [2.75, 3.05) is 5.32 Å². The minimum Gasteiger partial charge on any atom is -0.453 e. The summed E-state index contributed by atoms with van der Waals surface area (Å²) in [6, 6.07) is 17.7. The molecule has 1 N–H and O–H groups in total. The molecule has 1 atom stereocenters. The molecule has 1 unspecified atom stereocenters. The summed E-state index contributed by atoms with van der Waals surface area (Å²) in [6.45, 7) is 1.66. The highest BCUT2D eigenvalue weighted by Crippen LogP contribution is 2.61. The van der Waals surface area contributed by atoms with Crippen molar-refractivity contribution in [1.82, 2.24) is 0 Å². The Balaban J connectivity index is 1.21. The molecule has 0 radical (unpaired) electrons. The number of anilines is 1. The van der Waals surface area contributed by atoms with E-state index in [4.69, 9.17) is 4.74 Å². The van der Waals surface area contributed by atoms with Crippen LogP contribution in [0.2, 0.25) is 0 Å². The first-order valence-corrected chi connectivity index (χ1v) is 11.6. The van der Waals surface area contributed by atoms with Crippen molar-refractivity contribution in [3.05, 3.63) is 54.6 Å². The summed E-state index contributed by atoms with van der Waals surface area (Å²) in [4.78, 5) is 25.6. The molecule has 4 bridgehead atoms. The number of hydrogen-bond donors (Lipinski definition) is 1. The molecule has 4 nitrogen and oxygen atoms in total. The standard InChI is InChI=1S/C27H31NO3/c1-18(26(30)28-24-10-6-5-9-23(24)22-7-3-2-4-8-22)31-25(29)17-27-14-19-11-20(15-27)13-21(12-19)16-27/h2-10,18-21H,11-17H2,1H3,(H,28,30). The maximum absolute atomic E-state index is 12.8. The van der Waals surface area contributed by atoms with Gasteiger partial charge in [0.05, 0.1) is 6.42 Å². The SMILES string of the molecule is CC(OC(=O)CC12CC3CC(CC(C3)C1)C2)C(=O)Nc1ccccc1-c1ccccc1. The molecule has 2 aromatic rings. The predicted molar refractivity (Wildman–Crippen MR) is 121 cm³/mol. The fraction of sp³-hybridized carbons (Fsp3) is 0.481. The summed E-state index contributed by atoms with van der Waals surface area (Å²) in [6.07, 6.45) is 7.22. The Labute approximate surface area is 184 Å². The Hall–Kier alpha value is -2.62. The zero-order chi connectivity index (χ0) is 21.4. The topological polar surface area (TPSA) is 55.4 Å². The Morgan fingerprint density at radius 2 is 1.52 bits per heavy atom. The number of hydrogen-bond acceptors (Lipinski definition) is 3. The van der Waals surface area contributed by atoms with Gasteiger partial charge < -0.3 is 10.1 Å². The molecule has 31 heavy (non-hydrogen) atoms. The van der Waals surface area contributed by atoms with Crippen molar-refractivity contribution < 1.29 is 14.3 Å². The Morgan fingerprint density at radius 1 is 0.935 bits per heavy atom. The number of rotatable bonds is 6. The summed E-state index contributed by atoms with van der Waals surface area (Å²) in [7, 11) is 0. The van der Waals surface area contributed by atoms with E-state index in [1.54, 1.807) is 6.92 Å². The van der Waals surface area contributed by atoms with Crippen molar-refractivity contribution in [1.29, 1.82) is 0 Å². The molecule has 0 heterocycles. The molecule has 2 aromatic carbocycles. The van der Waals surface area contributed by atoms with Crippen molar-refractivity contribution in [3.63, 3.8) is 0 Å². The van der Waals surface area contributed by atoms with Gasteiger partial charge in [0.25, 0.3) is 5.91 Å². The smallest absolute Gasteiger partial charge is 0.307 e. The number of para-hydroxylation sites is 1. The number of carbonyl (C=O) groups excluding carboxylic acids is 2. The molecule has 1 amide bonds. The molecular weight excluding hydrogens is 386 g/mol. The summed E-state index contributed by atoms with van der Waals surface area (Å²) in [5.41, 5.74) is 2.83. The first kappa shape index (κ1) is 20.3. The van der Waals surface area contributed by atoms with Crippen LogP contribution in [-0.2, 0) is 14.3 Å². The second kappa shape index (κ2) is 8.14. The van der Waals surface area contributed by atoms with E-state index in [9.17, 15) is 9.59 Å². The van der Waals surface area contributed by atoms with Crippen LogP contribution < -0.4 is 5.32 Å². The molecule has 6 rings (SSSR count). The van der Waals surface area contributed by atoms with E-state index in [2.05, 4.69) is 5.32 Å². The van der Waals surface area contributed by atoms with Crippen molar-refractivity contribution in [2.45, 2.75) is 58.0 Å². The number of amides is 1. The van der Waals surface area contributed by atoms with Crippen molar-refractivity contribution >= 4 is 17.6 Å². The minimum atomic E-state index is -0.815. The van der Waals surface area contributed by atoms with Crippen LogP contribution in [0.5, 0.6) is 0 Å². The van der Waals surface area contributed by atoms with Crippen LogP contribution in [0.4, 0.5) is 5.69 Å². The quantitative estimate of drug-likeness (QED) is 0.602. The van der Waals surface area contributed by atoms with Crippen LogP contribution in [0.3, 0.4) is 0 Å². The third-order valence-corrected chi connectivity index (χ3v) is 7.63. The lowest BCUT2D eigenvalue weighted by molar-refractivity contribution is -0.160. The molecule has 4 aliphatic rings. The molecule has 0 aliphatic heterocycles. The van der Waals surface area contributed by atoms with Crippen LogP contribution in [0.1, 0.15) is 51.9 Å². The number of carbonyl (C=O) groups is 2. The lowest BCUT2D eigenvalue weighted by atomic mass is 9.49. The van der Waals surface area contributed by atoms with Gasteiger partial charge in [-0.2, -0.15) is 0 Å². The van der Waals surface area contributed by atoms with E-state index in [0.29, 0.717) is 6.42 Å². The monoisotopic (exact) mass is 417 g/mol. The highest BCUT2D eigenvalue weighted by Gasteiger charge is 2.51. The number of nitrogens with one attached hydrogen (secondary N) is 1. The first-order chi connectivity index (χ1) is 15.0. The average molecular weight is 418 g/mol. The molecule has 0 spiro atoms. The minimum absolute atomic E-state index is 0.127. The first-order valence-electron chi connectivity index (χ1n) is 11.6. The summed E-state index contributed by atoms with van der Waals surface area (Å²) < 4.78 is 5.62. The second-order valence-corrected chi connectivity index (χ2v) is 10.1. The third-order valence-electron chi connectivity index (χ3n) is 7.63. The molecular formula is C27H31NO3. The van der Waals surface area contributed by atoms with E-state index in [0.717, 1.165) is 34.6 Å². The van der Waals surface area contributed by atoms with Gasteiger partial charge in [-0.15, -0.1) is 0 Å². The van der Waals surface area contributed by atoms with Gasteiger partial charge in [0.15, 0.2) is 6.10 Å². The van der Waals surface area contributed by atoms with E-state index in [1.807, 2.05) is 54.6 Å². The van der Waals surface area contributed by atoms with Gasteiger partial charge in [-0.3, -0.25) is 9.59 Å². The summed E-state index contributed by atoms with van der Waals surface area (Å²) >= 11 is 0. The summed E-state index contributed by atoms with van der Waals surface area (Å²) in [5.74, 6) is 1.89. The largest absolute Gasteiger partial charge is 0.453 e. The lowest BCUT2D eigenvalue weighted by Crippen LogP contribution is -2.47.